The van der Waals surface area contributed by atoms with Crippen LogP contribution in [0.4, 0.5) is 8.78 Å². The third kappa shape index (κ3) is 6.02. The lowest BCUT2D eigenvalue weighted by Crippen LogP contribution is -2.38. The van der Waals surface area contributed by atoms with Gasteiger partial charge in [-0.05, 0) is 35.9 Å². The molecule has 0 fully saturated rings. The van der Waals surface area contributed by atoms with Gasteiger partial charge in [-0.1, -0.05) is 12.1 Å². The second-order valence-corrected chi connectivity index (χ2v) is 5.77. The normalized spacial score (nSPS) is 11.4. The van der Waals surface area contributed by atoms with Crippen molar-refractivity contribution in [3.05, 3.63) is 53.6 Å². The molecule has 0 saturated carbocycles. The van der Waals surface area contributed by atoms with Gasteiger partial charge in [0.15, 0.2) is 5.96 Å². The molecule has 2 rings (SSSR count). The number of guanidine groups is 1. The summed E-state index contributed by atoms with van der Waals surface area (Å²) in [5.74, 6) is 1.55. The minimum absolute atomic E-state index is 0.118. The first-order valence-electron chi connectivity index (χ1n) is 8.24. The van der Waals surface area contributed by atoms with E-state index >= 15 is 0 Å². The summed E-state index contributed by atoms with van der Waals surface area (Å²) < 4.78 is 33.9. The van der Waals surface area contributed by atoms with Gasteiger partial charge in [-0.25, -0.2) is 0 Å². The number of halogens is 2. The number of rotatable bonds is 7. The number of methoxy groups -OCH3 is 1. The van der Waals surface area contributed by atoms with Crippen LogP contribution in [0.1, 0.15) is 11.1 Å². The second kappa shape index (κ2) is 9.61. The highest BCUT2D eigenvalue weighted by Crippen LogP contribution is 2.22. The zero-order valence-corrected chi connectivity index (χ0v) is 15.4. The van der Waals surface area contributed by atoms with Crippen LogP contribution in [0.3, 0.4) is 0 Å². The monoisotopic (exact) mass is 379 g/mol. The molecule has 27 heavy (non-hydrogen) atoms. The SMILES string of the molecule is CN=C(NCc1cc(OC)ccc1O)N(C)Cc1ccc(OC(F)F)cc1. The van der Waals surface area contributed by atoms with Crippen LogP contribution in [0, 0.1) is 0 Å². The van der Waals surface area contributed by atoms with Gasteiger partial charge >= 0.3 is 6.61 Å². The standard InChI is InChI=1S/C19H23F2N3O3/c1-22-19(23-11-14-10-16(26-3)8-9-17(14)25)24(2)12-13-4-6-15(7-5-13)27-18(20)21/h4-10,18,25H,11-12H2,1-3H3,(H,22,23). The minimum Gasteiger partial charge on any atom is -0.508 e. The van der Waals surface area contributed by atoms with Crippen molar-refractivity contribution in [1.29, 1.82) is 0 Å². The van der Waals surface area contributed by atoms with Crippen molar-refractivity contribution >= 4 is 5.96 Å². The Balaban J connectivity index is 1.97. The van der Waals surface area contributed by atoms with Crippen molar-refractivity contribution in [2.75, 3.05) is 21.2 Å². The zero-order chi connectivity index (χ0) is 19.8. The summed E-state index contributed by atoms with van der Waals surface area (Å²) in [6.45, 7) is -1.96. The van der Waals surface area contributed by atoms with E-state index in [0.717, 1.165) is 5.56 Å². The summed E-state index contributed by atoms with van der Waals surface area (Å²) in [6.07, 6.45) is 0. The van der Waals surface area contributed by atoms with Crippen molar-refractivity contribution < 1.29 is 23.4 Å². The van der Waals surface area contributed by atoms with Crippen LogP contribution in [-0.4, -0.2) is 43.8 Å². The van der Waals surface area contributed by atoms with Crippen LogP contribution < -0.4 is 14.8 Å². The summed E-state index contributed by atoms with van der Waals surface area (Å²) in [5.41, 5.74) is 1.59. The molecule has 0 aliphatic heterocycles. The number of phenolic OH excluding ortho intramolecular Hbond substituents is 1. The first-order chi connectivity index (χ1) is 12.9. The molecule has 2 aromatic rings. The summed E-state index contributed by atoms with van der Waals surface area (Å²) in [4.78, 5) is 6.10. The lowest BCUT2D eigenvalue weighted by molar-refractivity contribution is -0.0498. The Morgan fingerprint density at radius 1 is 1.19 bits per heavy atom. The number of aliphatic imine (C=N–C) groups is 1. The van der Waals surface area contributed by atoms with E-state index in [-0.39, 0.29) is 11.5 Å². The van der Waals surface area contributed by atoms with Gasteiger partial charge in [-0.15, -0.1) is 0 Å². The number of hydrogen-bond donors (Lipinski definition) is 2. The maximum atomic E-state index is 12.2. The zero-order valence-electron chi connectivity index (χ0n) is 15.4. The van der Waals surface area contributed by atoms with Gasteiger partial charge in [0.1, 0.15) is 17.2 Å². The number of phenols is 1. The highest BCUT2D eigenvalue weighted by Gasteiger charge is 2.10. The Bertz CT molecular complexity index is 767. The van der Waals surface area contributed by atoms with Crippen LogP contribution >= 0.6 is 0 Å². The molecular formula is C19H23F2N3O3. The van der Waals surface area contributed by atoms with Gasteiger partial charge in [0, 0.05) is 32.7 Å². The van der Waals surface area contributed by atoms with Crippen molar-refractivity contribution in [3.8, 4) is 17.2 Å². The van der Waals surface area contributed by atoms with E-state index < -0.39 is 6.61 Å². The highest BCUT2D eigenvalue weighted by molar-refractivity contribution is 5.79. The molecule has 0 atom stereocenters. The molecular weight excluding hydrogens is 356 g/mol. The smallest absolute Gasteiger partial charge is 0.387 e. The molecule has 0 spiro atoms. The molecule has 0 aromatic heterocycles. The van der Waals surface area contributed by atoms with Gasteiger partial charge in [0.25, 0.3) is 0 Å². The fraction of sp³-hybridized carbons (Fsp3) is 0.316. The third-order valence-electron chi connectivity index (χ3n) is 3.87. The summed E-state index contributed by atoms with van der Waals surface area (Å²) in [6, 6.07) is 11.4. The predicted molar refractivity (Wildman–Crippen MR) is 99.4 cm³/mol. The van der Waals surface area contributed by atoms with Crippen LogP contribution in [0.25, 0.3) is 0 Å². The first-order valence-corrected chi connectivity index (χ1v) is 8.24. The van der Waals surface area contributed by atoms with Crippen molar-refractivity contribution in [3.63, 3.8) is 0 Å². The average molecular weight is 379 g/mol. The topological polar surface area (TPSA) is 66.3 Å². The average Bonchev–Trinajstić information content (AvgIpc) is 2.64. The highest BCUT2D eigenvalue weighted by atomic mass is 19.3. The molecule has 0 heterocycles. The molecule has 8 heteroatoms. The second-order valence-electron chi connectivity index (χ2n) is 5.77. The quantitative estimate of drug-likeness (QED) is 0.571. The third-order valence-corrected chi connectivity index (χ3v) is 3.87. The molecule has 0 aliphatic carbocycles. The molecule has 2 N–H and O–H groups in total. The number of alkyl halides is 2. The van der Waals surface area contributed by atoms with E-state index in [2.05, 4.69) is 15.0 Å². The number of nitrogens with one attached hydrogen (secondary N) is 1. The number of hydrogen-bond acceptors (Lipinski definition) is 4. The van der Waals surface area contributed by atoms with Crippen molar-refractivity contribution in [2.24, 2.45) is 4.99 Å². The van der Waals surface area contributed by atoms with Gasteiger partial charge < -0.3 is 24.8 Å². The van der Waals surface area contributed by atoms with Crippen LogP contribution in [0.5, 0.6) is 17.2 Å². The molecule has 0 bridgehead atoms. The van der Waals surface area contributed by atoms with Gasteiger partial charge in [-0.2, -0.15) is 8.78 Å². The number of benzene rings is 2. The van der Waals surface area contributed by atoms with E-state index in [1.807, 2.05) is 11.9 Å². The Morgan fingerprint density at radius 3 is 2.44 bits per heavy atom. The molecule has 2 aromatic carbocycles. The molecule has 146 valence electrons. The van der Waals surface area contributed by atoms with Gasteiger partial charge in [0.05, 0.1) is 7.11 Å². The maximum Gasteiger partial charge on any atom is 0.387 e. The Kier molecular flexibility index (Phi) is 7.22. The summed E-state index contributed by atoms with van der Waals surface area (Å²) in [5, 5.41) is 13.1. The summed E-state index contributed by atoms with van der Waals surface area (Å²) in [7, 11) is 5.07. The predicted octanol–water partition coefficient (Wildman–Crippen LogP) is 3.21. The Morgan fingerprint density at radius 2 is 1.85 bits per heavy atom. The Labute approximate surface area is 157 Å². The maximum absolute atomic E-state index is 12.2. The fourth-order valence-corrected chi connectivity index (χ4v) is 2.51. The first kappa shape index (κ1) is 20.3. The van der Waals surface area contributed by atoms with E-state index in [1.54, 1.807) is 44.5 Å². The van der Waals surface area contributed by atoms with E-state index in [1.165, 1.54) is 12.1 Å². The number of nitrogens with zero attached hydrogens (tertiary/aromatic N) is 2. The van der Waals surface area contributed by atoms with Crippen LogP contribution in [0.2, 0.25) is 0 Å². The molecule has 0 saturated heterocycles. The number of ether oxygens (including phenoxy) is 2. The fourth-order valence-electron chi connectivity index (χ4n) is 2.51. The van der Waals surface area contributed by atoms with Crippen LogP contribution in [-0.2, 0) is 13.1 Å². The Hall–Kier alpha value is -3.03. The van der Waals surface area contributed by atoms with Gasteiger partial charge in [-0.3, -0.25) is 4.99 Å². The van der Waals surface area contributed by atoms with E-state index in [4.69, 9.17) is 4.74 Å². The van der Waals surface area contributed by atoms with Crippen molar-refractivity contribution in [1.82, 2.24) is 10.2 Å². The van der Waals surface area contributed by atoms with Gasteiger partial charge in [0.2, 0.25) is 0 Å². The largest absolute Gasteiger partial charge is 0.508 e. The molecule has 6 nitrogen and oxygen atoms in total. The van der Waals surface area contributed by atoms with Crippen LogP contribution in [0.15, 0.2) is 47.5 Å². The lowest BCUT2D eigenvalue weighted by Gasteiger charge is -2.22. The molecule has 0 amide bonds. The molecule has 0 unspecified atom stereocenters. The van der Waals surface area contributed by atoms with Crippen molar-refractivity contribution in [2.45, 2.75) is 19.7 Å². The van der Waals surface area contributed by atoms with E-state index in [0.29, 0.717) is 30.4 Å². The minimum atomic E-state index is -2.84. The summed E-state index contributed by atoms with van der Waals surface area (Å²) >= 11 is 0. The molecule has 0 radical (unpaired) electrons. The van der Waals surface area contributed by atoms with E-state index in [9.17, 15) is 13.9 Å². The lowest BCUT2D eigenvalue weighted by atomic mass is 10.2. The number of aromatic hydroxyl groups is 1. The molecule has 0 aliphatic rings.